The number of benzene rings is 2. The van der Waals surface area contributed by atoms with Crippen LogP contribution in [0.3, 0.4) is 0 Å². The van der Waals surface area contributed by atoms with Gasteiger partial charge in [-0.3, -0.25) is 0 Å². The normalized spacial score (nSPS) is 17.0. The van der Waals surface area contributed by atoms with Crippen molar-refractivity contribution in [1.82, 2.24) is 0 Å². The number of carbonyl (C=O) groups is 4. The molecule has 2 aromatic rings. The van der Waals surface area contributed by atoms with Crippen molar-refractivity contribution in [3.05, 3.63) is 57.6 Å². The molecule has 2 aromatic carbocycles. The van der Waals surface area contributed by atoms with Crippen molar-refractivity contribution in [3.8, 4) is 11.1 Å². The van der Waals surface area contributed by atoms with Crippen molar-refractivity contribution in [2.45, 2.75) is 76.0 Å². The van der Waals surface area contributed by atoms with Crippen molar-refractivity contribution < 1.29 is 39.6 Å². The van der Waals surface area contributed by atoms with E-state index in [4.69, 9.17) is 0 Å². The molecule has 2 fully saturated rings. The first kappa shape index (κ1) is 25.4. The van der Waals surface area contributed by atoms with E-state index in [0.29, 0.717) is 35.1 Å². The predicted octanol–water partition coefficient (Wildman–Crippen LogP) is 6.24. The van der Waals surface area contributed by atoms with E-state index in [1.807, 2.05) is 0 Å². The van der Waals surface area contributed by atoms with E-state index in [2.05, 4.69) is 0 Å². The van der Waals surface area contributed by atoms with E-state index in [9.17, 15) is 39.6 Å². The molecule has 0 heterocycles. The third kappa shape index (κ3) is 4.85. The highest BCUT2D eigenvalue weighted by atomic mass is 16.4. The molecule has 8 nitrogen and oxygen atoms in total. The summed E-state index contributed by atoms with van der Waals surface area (Å²) in [5.74, 6) is -5.66. The van der Waals surface area contributed by atoms with Crippen LogP contribution in [0.25, 0.3) is 11.1 Å². The van der Waals surface area contributed by atoms with Gasteiger partial charge in [-0.15, -0.1) is 0 Å². The Morgan fingerprint density at radius 1 is 0.583 bits per heavy atom. The van der Waals surface area contributed by atoms with Gasteiger partial charge in [0.1, 0.15) is 0 Å². The minimum absolute atomic E-state index is 0.112. The molecule has 0 bridgehead atoms. The van der Waals surface area contributed by atoms with Gasteiger partial charge in [0.15, 0.2) is 0 Å². The molecule has 0 aromatic heterocycles. The summed E-state index contributed by atoms with van der Waals surface area (Å²) >= 11 is 0. The third-order valence-electron chi connectivity index (χ3n) is 7.68. The van der Waals surface area contributed by atoms with Gasteiger partial charge in [-0.2, -0.15) is 0 Å². The SMILES string of the molecule is O=C(O)c1ccc(-c2cc(C3CCCCC3)c(C(=O)O)c(C(=O)O)c2C2CCCCC2)cc1C(=O)O. The molecule has 2 aliphatic rings. The van der Waals surface area contributed by atoms with Crippen LogP contribution in [0, 0.1) is 0 Å². The van der Waals surface area contributed by atoms with Crippen LogP contribution in [0.1, 0.15) is 129 Å². The molecule has 4 N–H and O–H groups in total. The number of hydrogen-bond donors (Lipinski definition) is 4. The molecule has 4 rings (SSSR count). The number of carboxylic acid groups (broad SMARTS) is 4. The van der Waals surface area contributed by atoms with Gasteiger partial charge in [0, 0.05) is 0 Å². The fraction of sp³-hybridized carbons (Fsp3) is 0.429. The van der Waals surface area contributed by atoms with Crippen LogP contribution >= 0.6 is 0 Å². The van der Waals surface area contributed by atoms with Crippen molar-refractivity contribution in [2.75, 3.05) is 0 Å². The maximum atomic E-state index is 12.7. The summed E-state index contributed by atoms with van der Waals surface area (Å²) in [4.78, 5) is 48.7. The van der Waals surface area contributed by atoms with E-state index in [1.165, 1.54) is 18.2 Å². The zero-order valence-corrected chi connectivity index (χ0v) is 20.0. The molecule has 0 radical (unpaired) electrons. The zero-order valence-electron chi connectivity index (χ0n) is 20.0. The van der Waals surface area contributed by atoms with Crippen molar-refractivity contribution in [3.63, 3.8) is 0 Å². The first-order chi connectivity index (χ1) is 17.2. The highest BCUT2D eigenvalue weighted by Crippen LogP contribution is 2.45. The molecular weight excluding hydrogens is 464 g/mol. The van der Waals surface area contributed by atoms with Gasteiger partial charge < -0.3 is 20.4 Å². The average molecular weight is 495 g/mol. The Kier molecular flexibility index (Phi) is 7.43. The minimum atomic E-state index is -1.40. The first-order valence-corrected chi connectivity index (χ1v) is 12.5. The molecule has 0 spiro atoms. The van der Waals surface area contributed by atoms with Crippen molar-refractivity contribution in [2.24, 2.45) is 0 Å². The van der Waals surface area contributed by atoms with Crippen LogP contribution in [0.4, 0.5) is 0 Å². The lowest BCUT2D eigenvalue weighted by Crippen LogP contribution is -2.21. The van der Waals surface area contributed by atoms with Crippen molar-refractivity contribution in [1.29, 1.82) is 0 Å². The average Bonchev–Trinajstić information content (AvgIpc) is 2.87. The Labute approximate surface area is 208 Å². The molecule has 190 valence electrons. The van der Waals surface area contributed by atoms with E-state index < -0.39 is 29.4 Å². The van der Waals surface area contributed by atoms with E-state index in [0.717, 1.165) is 51.4 Å². The Hall–Kier alpha value is -3.68. The molecule has 2 saturated carbocycles. The second-order valence-corrected chi connectivity index (χ2v) is 9.83. The fourth-order valence-electron chi connectivity index (χ4n) is 6.04. The lowest BCUT2D eigenvalue weighted by atomic mass is 9.73. The zero-order chi connectivity index (χ0) is 26.0. The summed E-state index contributed by atoms with van der Waals surface area (Å²) in [5.41, 5.74) is 0.614. The predicted molar refractivity (Wildman–Crippen MR) is 131 cm³/mol. The first-order valence-electron chi connectivity index (χ1n) is 12.5. The minimum Gasteiger partial charge on any atom is -0.478 e. The summed E-state index contributed by atoms with van der Waals surface area (Å²) in [6.45, 7) is 0. The Morgan fingerprint density at radius 3 is 1.61 bits per heavy atom. The van der Waals surface area contributed by atoms with Crippen LogP contribution in [0.5, 0.6) is 0 Å². The van der Waals surface area contributed by atoms with Crippen LogP contribution in [0.15, 0.2) is 24.3 Å². The summed E-state index contributed by atoms with van der Waals surface area (Å²) in [6.07, 6.45) is 8.56. The van der Waals surface area contributed by atoms with E-state index in [-0.39, 0.29) is 28.5 Å². The van der Waals surface area contributed by atoms with E-state index in [1.54, 1.807) is 6.07 Å². The van der Waals surface area contributed by atoms with Gasteiger partial charge in [-0.1, -0.05) is 44.6 Å². The molecule has 8 heteroatoms. The standard InChI is InChI=1S/C28H30O8/c29-25(30)18-12-11-17(13-21(18)26(31)32)20-14-19(15-7-3-1-4-8-15)23(27(33)34)24(28(35)36)22(20)16-9-5-2-6-10-16/h11-16H,1-10H2,(H,29,30)(H,31,32)(H,33,34)(H,35,36). The smallest absolute Gasteiger partial charge is 0.336 e. The molecular formula is C28H30O8. The van der Waals surface area contributed by atoms with Crippen molar-refractivity contribution >= 4 is 23.9 Å². The number of carboxylic acids is 4. The van der Waals surface area contributed by atoms with Gasteiger partial charge in [-0.05, 0) is 78.0 Å². The fourth-order valence-corrected chi connectivity index (χ4v) is 6.04. The highest BCUT2D eigenvalue weighted by molar-refractivity contribution is 6.07. The lowest BCUT2D eigenvalue weighted by Gasteiger charge is -2.30. The number of aromatic carboxylic acids is 4. The molecule has 0 amide bonds. The molecule has 0 aliphatic heterocycles. The number of rotatable bonds is 7. The lowest BCUT2D eigenvalue weighted by molar-refractivity contribution is 0.0648. The van der Waals surface area contributed by atoms with Crippen LogP contribution in [-0.2, 0) is 0 Å². The van der Waals surface area contributed by atoms with E-state index >= 15 is 0 Å². The molecule has 0 atom stereocenters. The quantitative estimate of drug-likeness (QED) is 0.353. The third-order valence-corrected chi connectivity index (χ3v) is 7.68. The van der Waals surface area contributed by atoms with Crippen LogP contribution in [0.2, 0.25) is 0 Å². The topological polar surface area (TPSA) is 149 Å². The molecule has 0 unspecified atom stereocenters. The molecule has 2 aliphatic carbocycles. The monoisotopic (exact) mass is 494 g/mol. The molecule has 36 heavy (non-hydrogen) atoms. The van der Waals surface area contributed by atoms with Gasteiger partial charge in [0.2, 0.25) is 0 Å². The van der Waals surface area contributed by atoms with Gasteiger partial charge in [0.25, 0.3) is 0 Å². The van der Waals surface area contributed by atoms with Gasteiger partial charge in [-0.25, -0.2) is 19.2 Å². The van der Waals surface area contributed by atoms with Crippen LogP contribution in [-0.4, -0.2) is 44.3 Å². The second kappa shape index (κ2) is 10.5. The highest BCUT2D eigenvalue weighted by Gasteiger charge is 2.34. The second-order valence-electron chi connectivity index (χ2n) is 9.83. The summed E-state index contributed by atoms with van der Waals surface area (Å²) in [6, 6.07) is 5.73. The largest absolute Gasteiger partial charge is 0.478 e. The maximum absolute atomic E-state index is 12.7. The number of hydrogen-bond acceptors (Lipinski definition) is 4. The Balaban J connectivity index is 2.07. The summed E-state index contributed by atoms with van der Waals surface area (Å²) in [7, 11) is 0. The Bertz CT molecular complexity index is 1220. The Morgan fingerprint density at radius 2 is 1.11 bits per heavy atom. The summed E-state index contributed by atoms with van der Waals surface area (Å²) in [5, 5.41) is 39.7. The summed E-state index contributed by atoms with van der Waals surface area (Å²) < 4.78 is 0. The molecule has 0 saturated heterocycles. The van der Waals surface area contributed by atoms with Crippen LogP contribution < -0.4 is 0 Å². The van der Waals surface area contributed by atoms with Gasteiger partial charge in [0.05, 0.1) is 22.3 Å². The van der Waals surface area contributed by atoms with Gasteiger partial charge >= 0.3 is 23.9 Å². The maximum Gasteiger partial charge on any atom is 0.336 e.